The summed E-state index contributed by atoms with van der Waals surface area (Å²) >= 11 is 5.92. The van der Waals surface area contributed by atoms with Crippen molar-refractivity contribution in [1.29, 1.82) is 0 Å². The number of hydrogen-bond donors (Lipinski definition) is 0. The first kappa shape index (κ1) is 13.3. The first-order valence-corrected chi connectivity index (χ1v) is 6.75. The zero-order valence-electron chi connectivity index (χ0n) is 11.1. The number of hydrogen-bond acceptors (Lipinski definition) is 5. The maximum atomic E-state index is 5.92. The molecule has 1 atom stereocenters. The van der Waals surface area contributed by atoms with Gasteiger partial charge in [-0.1, -0.05) is 6.92 Å². The summed E-state index contributed by atoms with van der Waals surface area (Å²) in [5, 5.41) is 0.189. The van der Waals surface area contributed by atoms with E-state index < -0.39 is 0 Å². The molecule has 0 saturated carbocycles. The Bertz CT molecular complexity index is 413. The van der Waals surface area contributed by atoms with Crippen molar-refractivity contribution in [3.05, 3.63) is 5.28 Å². The van der Waals surface area contributed by atoms with Gasteiger partial charge in [0.05, 0.1) is 6.10 Å². The summed E-state index contributed by atoms with van der Waals surface area (Å²) in [6.07, 6.45) is 2.44. The number of ether oxygens (including phenoxy) is 1. The van der Waals surface area contributed by atoms with Crippen LogP contribution in [0.4, 0.5) is 5.95 Å². The van der Waals surface area contributed by atoms with Gasteiger partial charge in [0, 0.05) is 13.1 Å². The highest BCUT2D eigenvalue weighted by Gasteiger charge is 2.20. The molecule has 0 aliphatic carbocycles. The second kappa shape index (κ2) is 5.69. The Morgan fingerprint density at radius 3 is 2.78 bits per heavy atom. The van der Waals surface area contributed by atoms with Gasteiger partial charge in [-0.3, -0.25) is 0 Å². The molecule has 6 heteroatoms. The third-order valence-corrected chi connectivity index (χ3v) is 3.03. The van der Waals surface area contributed by atoms with Crippen LogP contribution in [0.5, 0.6) is 6.01 Å². The Morgan fingerprint density at radius 2 is 2.11 bits per heavy atom. The minimum absolute atomic E-state index is 0.0246. The Labute approximate surface area is 113 Å². The van der Waals surface area contributed by atoms with Crippen LogP contribution < -0.4 is 9.64 Å². The van der Waals surface area contributed by atoms with Crippen LogP contribution in [0.2, 0.25) is 5.28 Å². The molecule has 1 fully saturated rings. The van der Waals surface area contributed by atoms with Crippen LogP contribution in [0.15, 0.2) is 0 Å². The monoisotopic (exact) mass is 270 g/mol. The van der Waals surface area contributed by atoms with Crippen LogP contribution in [-0.4, -0.2) is 34.1 Å². The van der Waals surface area contributed by atoms with Gasteiger partial charge in [0.15, 0.2) is 0 Å². The van der Waals surface area contributed by atoms with E-state index in [1.165, 1.54) is 6.42 Å². The van der Waals surface area contributed by atoms with E-state index in [1.54, 1.807) is 0 Å². The normalized spacial score (nSPS) is 20.3. The fourth-order valence-corrected chi connectivity index (χ4v) is 2.25. The van der Waals surface area contributed by atoms with Crippen LogP contribution in [0, 0.1) is 5.92 Å². The quantitative estimate of drug-likeness (QED) is 0.845. The third-order valence-electron chi connectivity index (χ3n) is 2.86. The second-order valence-corrected chi connectivity index (χ2v) is 5.39. The molecule has 1 unspecified atom stereocenters. The minimum atomic E-state index is 0.0246. The van der Waals surface area contributed by atoms with Gasteiger partial charge in [-0.25, -0.2) is 0 Å². The van der Waals surface area contributed by atoms with Crippen LogP contribution in [0.1, 0.15) is 33.6 Å². The van der Waals surface area contributed by atoms with Crippen LogP contribution in [-0.2, 0) is 0 Å². The number of rotatable bonds is 3. The molecule has 1 saturated heterocycles. The molecule has 18 heavy (non-hydrogen) atoms. The summed E-state index contributed by atoms with van der Waals surface area (Å²) in [5.74, 6) is 1.28. The summed E-state index contributed by atoms with van der Waals surface area (Å²) in [4.78, 5) is 14.6. The molecule has 0 N–H and O–H groups in total. The van der Waals surface area contributed by atoms with E-state index in [9.17, 15) is 0 Å². The molecule has 0 aromatic carbocycles. The molecule has 5 nitrogen and oxygen atoms in total. The lowest BCUT2D eigenvalue weighted by Gasteiger charge is -2.30. The van der Waals surface area contributed by atoms with Crippen molar-refractivity contribution in [2.24, 2.45) is 5.92 Å². The molecular weight excluding hydrogens is 252 g/mol. The molecule has 0 radical (unpaired) electrons. The van der Waals surface area contributed by atoms with Gasteiger partial charge in [0.1, 0.15) is 0 Å². The average Bonchev–Trinajstić information content (AvgIpc) is 2.27. The fourth-order valence-electron chi connectivity index (χ4n) is 2.10. The molecular formula is C12H19ClN4O. The van der Waals surface area contributed by atoms with Crippen molar-refractivity contribution < 1.29 is 4.74 Å². The van der Waals surface area contributed by atoms with E-state index in [0.717, 1.165) is 19.5 Å². The van der Waals surface area contributed by atoms with Crippen molar-refractivity contribution in [2.45, 2.75) is 39.7 Å². The summed E-state index contributed by atoms with van der Waals surface area (Å²) in [6, 6.07) is 0.304. The van der Waals surface area contributed by atoms with Gasteiger partial charge < -0.3 is 9.64 Å². The molecule has 1 aliphatic rings. The van der Waals surface area contributed by atoms with Crippen molar-refractivity contribution in [2.75, 3.05) is 18.0 Å². The third kappa shape index (κ3) is 3.45. The van der Waals surface area contributed by atoms with E-state index in [2.05, 4.69) is 26.8 Å². The molecule has 0 bridgehead atoms. The Balaban J connectivity index is 2.18. The van der Waals surface area contributed by atoms with Crippen molar-refractivity contribution in [3.63, 3.8) is 0 Å². The highest BCUT2D eigenvalue weighted by Crippen LogP contribution is 2.22. The first-order valence-electron chi connectivity index (χ1n) is 6.38. The lowest BCUT2D eigenvalue weighted by atomic mass is 10.0. The van der Waals surface area contributed by atoms with E-state index in [-0.39, 0.29) is 11.4 Å². The molecule has 1 aromatic rings. The Kier molecular flexibility index (Phi) is 4.22. The molecule has 2 rings (SSSR count). The van der Waals surface area contributed by atoms with Gasteiger partial charge in [-0.15, -0.1) is 0 Å². The molecule has 100 valence electrons. The number of aromatic nitrogens is 3. The smallest absolute Gasteiger partial charge is 0.322 e. The average molecular weight is 271 g/mol. The molecule has 1 aromatic heterocycles. The molecule has 0 amide bonds. The van der Waals surface area contributed by atoms with Gasteiger partial charge in [0.2, 0.25) is 11.2 Å². The highest BCUT2D eigenvalue weighted by atomic mass is 35.5. The summed E-state index contributed by atoms with van der Waals surface area (Å²) in [7, 11) is 0. The van der Waals surface area contributed by atoms with E-state index in [4.69, 9.17) is 16.3 Å². The van der Waals surface area contributed by atoms with Crippen LogP contribution in [0.25, 0.3) is 0 Å². The fraction of sp³-hybridized carbons (Fsp3) is 0.750. The van der Waals surface area contributed by atoms with Crippen molar-refractivity contribution in [3.8, 4) is 6.01 Å². The number of piperidine rings is 1. The SMILES string of the molecule is CC1CCCN(c2nc(Cl)nc(OC(C)C)n2)C1. The standard InChI is InChI=1S/C12H19ClN4O/c1-8(2)18-12-15-10(13)14-11(16-12)17-6-4-5-9(3)7-17/h8-9H,4-7H2,1-3H3. The van der Waals surface area contributed by atoms with Gasteiger partial charge in [-0.05, 0) is 44.2 Å². The lowest BCUT2D eigenvalue weighted by Crippen LogP contribution is -2.35. The minimum Gasteiger partial charge on any atom is -0.461 e. The molecule has 2 heterocycles. The Hall–Kier alpha value is -1.10. The predicted octanol–water partition coefficient (Wildman–Crippen LogP) is 2.55. The van der Waals surface area contributed by atoms with Gasteiger partial charge in [-0.2, -0.15) is 15.0 Å². The maximum absolute atomic E-state index is 5.92. The highest BCUT2D eigenvalue weighted by molar-refractivity contribution is 6.28. The van der Waals surface area contributed by atoms with E-state index >= 15 is 0 Å². The second-order valence-electron chi connectivity index (χ2n) is 5.05. The lowest BCUT2D eigenvalue weighted by molar-refractivity contribution is 0.221. The molecule has 0 spiro atoms. The predicted molar refractivity (Wildman–Crippen MR) is 71.2 cm³/mol. The largest absolute Gasteiger partial charge is 0.461 e. The first-order chi connectivity index (χ1) is 8.54. The zero-order chi connectivity index (χ0) is 13.1. The van der Waals surface area contributed by atoms with Gasteiger partial charge >= 0.3 is 6.01 Å². The number of halogens is 1. The van der Waals surface area contributed by atoms with Gasteiger partial charge in [0.25, 0.3) is 0 Å². The topological polar surface area (TPSA) is 51.1 Å². The summed E-state index contributed by atoms with van der Waals surface area (Å²) in [6.45, 7) is 8.02. The van der Waals surface area contributed by atoms with E-state index in [1.807, 2.05) is 13.8 Å². The Morgan fingerprint density at radius 1 is 1.33 bits per heavy atom. The van der Waals surface area contributed by atoms with E-state index in [0.29, 0.717) is 17.9 Å². The van der Waals surface area contributed by atoms with Crippen LogP contribution in [0.3, 0.4) is 0 Å². The number of anilines is 1. The summed E-state index contributed by atoms with van der Waals surface area (Å²) < 4.78 is 5.48. The number of nitrogens with zero attached hydrogens (tertiary/aromatic N) is 4. The van der Waals surface area contributed by atoms with Crippen LogP contribution >= 0.6 is 11.6 Å². The molecule has 1 aliphatic heterocycles. The van der Waals surface area contributed by atoms with Crippen molar-refractivity contribution in [1.82, 2.24) is 15.0 Å². The zero-order valence-corrected chi connectivity index (χ0v) is 11.8. The summed E-state index contributed by atoms with van der Waals surface area (Å²) in [5.41, 5.74) is 0. The maximum Gasteiger partial charge on any atom is 0.322 e. The van der Waals surface area contributed by atoms with Crippen molar-refractivity contribution >= 4 is 17.5 Å².